The standard InChI is InChI=1S/C15H15N3/c1-11(13-3-2-4-14(17)9-13)18-15-7-5-12(10-16)6-8-15/h2-9,11,18H,17H2,1H3. The molecule has 0 amide bonds. The quantitative estimate of drug-likeness (QED) is 0.805. The van der Waals surface area contributed by atoms with Crippen molar-refractivity contribution in [2.45, 2.75) is 13.0 Å². The Morgan fingerprint density at radius 2 is 1.89 bits per heavy atom. The molecule has 1 unspecified atom stereocenters. The summed E-state index contributed by atoms with van der Waals surface area (Å²) in [6.07, 6.45) is 0. The molecule has 2 rings (SSSR count). The molecule has 0 fully saturated rings. The summed E-state index contributed by atoms with van der Waals surface area (Å²) >= 11 is 0. The molecule has 0 bridgehead atoms. The van der Waals surface area contributed by atoms with Crippen LogP contribution in [0, 0.1) is 11.3 Å². The van der Waals surface area contributed by atoms with Crippen LogP contribution >= 0.6 is 0 Å². The summed E-state index contributed by atoms with van der Waals surface area (Å²) < 4.78 is 0. The number of nitrogens with one attached hydrogen (secondary N) is 1. The van der Waals surface area contributed by atoms with Gasteiger partial charge in [-0.3, -0.25) is 0 Å². The number of nitrogens with two attached hydrogens (primary N) is 1. The SMILES string of the molecule is CC(Nc1ccc(C#N)cc1)c1cccc(N)c1. The van der Waals surface area contributed by atoms with Crippen LogP contribution in [0.2, 0.25) is 0 Å². The van der Waals surface area contributed by atoms with Crippen LogP contribution in [0.1, 0.15) is 24.1 Å². The second-order valence-electron chi connectivity index (χ2n) is 4.23. The van der Waals surface area contributed by atoms with Gasteiger partial charge in [0, 0.05) is 17.4 Å². The number of anilines is 2. The summed E-state index contributed by atoms with van der Waals surface area (Å²) in [5, 5.41) is 12.1. The number of nitrogen functional groups attached to an aromatic ring is 1. The van der Waals surface area contributed by atoms with Gasteiger partial charge in [-0.15, -0.1) is 0 Å². The van der Waals surface area contributed by atoms with E-state index in [9.17, 15) is 0 Å². The fraction of sp³-hybridized carbons (Fsp3) is 0.133. The molecule has 0 saturated heterocycles. The van der Waals surface area contributed by atoms with E-state index in [1.165, 1.54) is 0 Å². The summed E-state index contributed by atoms with van der Waals surface area (Å²) in [5.74, 6) is 0. The van der Waals surface area contributed by atoms with Gasteiger partial charge in [0.25, 0.3) is 0 Å². The van der Waals surface area contributed by atoms with Crippen LogP contribution in [-0.4, -0.2) is 0 Å². The van der Waals surface area contributed by atoms with Gasteiger partial charge in [-0.1, -0.05) is 12.1 Å². The van der Waals surface area contributed by atoms with Crippen LogP contribution in [0.5, 0.6) is 0 Å². The van der Waals surface area contributed by atoms with Crippen molar-refractivity contribution in [3.8, 4) is 6.07 Å². The fourth-order valence-electron chi connectivity index (χ4n) is 1.80. The molecule has 0 aliphatic carbocycles. The summed E-state index contributed by atoms with van der Waals surface area (Å²) in [6.45, 7) is 2.08. The van der Waals surface area contributed by atoms with Crippen molar-refractivity contribution in [2.24, 2.45) is 0 Å². The zero-order chi connectivity index (χ0) is 13.0. The molecule has 1 atom stereocenters. The van der Waals surface area contributed by atoms with Crippen LogP contribution in [0.15, 0.2) is 48.5 Å². The predicted octanol–water partition coefficient (Wildman–Crippen LogP) is 3.31. The van der Waals surface area contributed by atoms with Crippen molar-refractivity contribution in [1.82, 2.24) is 0 Å². The minimum absolute atomic E-state index is 0.168. The molecule has 0 aliphatic rings. The Labute approximate surface area is 107 Å². The van der Waals surface area contributed by atoms with Gasteiger partial charge >= 0.3 is 0 Å². The van der Waals surface area contributed by atoms with Gasteiger partial charge in [-0.05, 0) is 48.9 Å². The number of nitriles is 1. The van der Waals surface area contributed by atoms with Crippen molar-refractivity contribution in [3.05, 3.63) is 59.7 Å². The Hall–Kier alpha value is -2.47. The van der Waals surface area contributed by atoms with E-state index in [1.807, 2.05) is 36.4 Å². The zero-order valence-electron chi connectivity index (χ0n) is 10.2. The van der Waals surface area contributed by atoms with Crippen molar-refractivity contribution < 1.29 is 0 Å². The van der Waals surface area contributed by atoms with Crippen LogP contribution in [-0.2, 0) is 0 Å². The van der Waals surface area contributed by atoms with Crippen LogP contribution < -0.4 is 11.1 Å². The summed E-state index contributed by atoms with van der Waals surface area (Å²) in [4.78, 5) is 0. The molecule has 0 saturated carbocycles. The topological polar surface area (TPSA) is 61.8 Å². The first-order chi connectivity index (χ1) is 8.69. The maximum atomic E-state index is 8.73. The molecular formula is C15H15N3. The Morgan fingerprint density at radius 3 is 2.50 bits per heavy atom. The van der Waals surface area contributed by atoms with Gasteiger partial charge in [0.1, 0.15) is 0 Å². The maximum absolute atomic E-state index is 8.73. The van der Waals surface area contributed by atoms with E-state index in [0.717, 1.165) is 16.9 Å². The van der Waals surface area contributed by atoms with E-state index >= 15 is 0 Å². The maximum Gasteiger partial charge on any atom is 0.0991 e. The highest BCUT2D eigenvalue weighted by molar-refractivity contribution is 5.50. The lowest BCUT2D eigenvalue weighted by Gasteiger charge is -2.16. The van der Waals surface area contributed by atoms with E-state index < -0.39 is 0 Å². The van der Waals surface area contributed by atoms with Gasteiger partial charge in [-0.25, -0.2) is 0 Å². The average Bonchev–Trinajstić information content (AvgIpc) is 2.39. The van der Waals surface area contributed by atoms with E-state index in [1.54, 1.807) is 12.1 Å². The Morgan fingerprint density at radius 1 is 1.17 bits per heavy atom. The minimum atomic E-state index is 0.168. The number of hydrogen-bond donors (Lipinski definition) is 2. The first-order valence-corrected chi connectivity index (χ1v) is 5.81. The van der Waals surface area contributed by atoms with Crippen molar-refractivity contribution in [2.75, 3.05) is 11.1 Å². The smallest absolute Gasteiger partial charge is 0.0991 e. The Balaban J connectivity index is 2.11. The summed E-state index contributed by atoms with van der Waals surface area (Å²) in [7, 11) is 0. The van der Waals surface area contributed by atoms with Gasteiger partial charge in [0.2, 0.25) is 0 Å². The Bertz CT molecular complexity index is 567. The highest BCUT2D eigenvalue weighted by atomic mass is 14.9. The van der Waals surface area contributed by atoms with Gasteiger partial charge in [0.05, 0.1) is 11.6 Å². The van der Waals surface area contributed by atoms with E-state index in [4.69, 9.17) is 11.0 Å². The summed E-state index contributed by atoms with van der Waals surface area (Å²) in [5.41, 5.74) is 9.32. The normalized spacial score (nSPS) is 11.6. The lowest BCUT2D eigenvalue weighted by atomic mass is 10.1. The van der Waals surface area contributed by atoms with Crippen molar-refractivity contribution >= 4 is 11.4 Å². The number of nitrogens with zero attached hydrogens (tertiary/aromatic N) is 1. The average molecular weight is 237 g/mol. The third kappa shape index (κ3) is 2.80. The van der Waals surface area contributed by atoms with Crippen molar-refractivity contribution in [3.63, 3.8) is 0 Å². The molecule has 0 spiro atoms. The zero-order valence-corrected chi connectivity index (χ0v) is 10.2. The second kappa shape index (κ2) is 5.24. The van der Waals surface area contributed by atoms with Crippen LogP contribution in [0.25, 0.3) is 0 Å². The fourth-order valence-corrected chi connectivity index (χ4v) is 1.80. The lowest BCUT2D eigenvalue weighted by molar-refractivity contribution is 0.885. The highest BCUT2D eigenvalue weighted by Gasteiger charge is 2.05. The third-order valence-electron chi connectivity index (χ3n) is 2.81. The van der Waals surface area contributed by atoms with E-state index in [2.05, 4.69) is 18.3 Å². The molecule has 0 heterocycles. The molecule has 0 aromatic heterocycles. The number of hydrogen-bond acceptors (Lipinski definition) is 3. The molecule has 90 valence electrons. The number of benzene rings is 2. The summed E-state index contributed by atoms with van der Waals surface area (Å²) in [6, 6.07) is 17.5. The minimum Gasteiger partial charge on any atom is -0.399 e. The lowest BCUT2D eigenvalue weighted by Crippen LogP contribution is -2.06. The monoisotopic (exact) mass is 237 g/mol. The predicted molar refractivity (Wildman–Crippen MR) is 74.0 cm³/mol. The van der Waals surface area contributed by atoms with Crippen LogP contribution in [0.3, 0.4) is 0 Å². The molecule has 3 N–H and O–H groups in total. The second-order valence-corrected chi connectivity index (χ2v) is 4.23. The first-order valence-electron chi connectivity index (χ1n) is 5.81. The first kappa shape index (κ1) is 12.0. The van der Waals surface area contributed by atoms with E-state index in [-0.39, 0.29) is 6.04 Å². The molecule has 18 heavy (non-hydrogen) atoms. The molecular weight excluding hydrogens is 222 g/mol. The highest BCUT2D eigenvalue weighted by Crippen LogP contribution is 2.20. The Kier molecular flexibility index (Phi) is 3.49. The third-order valence-corrected chi connectivity index (χ3v) is 2.81. The van der Waals surface area contributed by atoms with Crippen LogP contribution in [0.4, 0.5) is 11.4 Å². The van der Waals surface area contributed by atoms with E-state index in [0.29, 0.717) is 5.56 Å². The molecule has 2 aromatic carbocycles. The molecule has 2 aromatic rings. The molecule has 3 nitrogen and oxygen atoms in total. The largest absolute Gasteiger partial charge is 0.399 e. The molecule has 3 heteroatoms. The molecule has 0 radical (unpaired) electrons. The van der Waals surface area contributed by atoms with Gasteiger partial charge in [-0.2, -0.15) is 5.26 Å². The molecule has 0 aliphatic heterocycles. The van der Waals surface area contributed by atoms with Gasteiger partial charge in [0.15, 0.2) is 0 Å². The van der Waals surface area contributed by atoms with Crippen molar-refractivity contribution in [1.29, 1.82) is 5.26 Å². The van der Waals surface area contributed by atoms with Gasteiger partial charge < -0.3 is 11.1 Å². The number of rotatable bonds is 3.